The Balaban J connectivity index is 1.76. The SMILES string of the molecule is N=c1oc2ccc([N+](=O)[O-])cc2cc1C(=O)Nc1cccc2ccccc12. The molecule has 2 N–H and O–H groups in total. The Bertz CT molecular complexity index is 1270. The molecule has 0 aliphatic rings. The molecule has 7 heteroatoms. The molecule has 0 aliphatic heterocycles. The zero-order chi connectivity index (χ0) is 19.0. The summed E-state index contributed by atoms with van der Waals surface area (Å²) in [6.07, 6.45) is 0. The second-order valence-electron chi connectivity index (χ2n) is 5.95. The highest BCUT2D eigenvalue weighted by Crippen LogP contribution is 2.24. The molecule has 0 bridgehead atoms. The number of nitro benzene ring substituents is 1. The molecule has 1 amide bonds. The molecule has 3 aromatic carbocycles. The number of rotatable bonds is 3. The molecule has 132 valence electrons. The average molecular weight is 359 g/mol. The first-order valence-electron chi connectivity index (χ1n) is 8.09. The maximum atomic E-state index is 12.7. The number of nitro groups is 1. The highest BCUT2D eigenvalue weighted by molar-refractivity contribution is 6.09. The molecule has 7 nitrogen and oxygen atoms in total. The summed E-state index contributed by atoms with van der Waals surface area (Å²) in [4.78, 5) is 23.1. The van der Waals surface area contributed by atoms with Gasteiger partial charge >= 0.3 is 0 Å². The monoisotopic (exact) mass is 359 g/mol. The van der Waals surface area contributed by atoms with E-state index in [2.05, 4.69) is 5.32 Å². The van der Waals surface area contributed by atoms with Gasteiger partial charge < -0.3 is 9.73 Å². The minimum atomic E-state index is -0.524. The van der Waals surface area contributed by atoms with E-state index in [9.17, 15) is 14.9 Å². The second kappa shape index (κ2) is 6.38. The van der Waals surface area contributed by atoms with Crippen LogP contribution < -0.4 is 10.9 Å². The van der Waals surface area contributed by atoms with Crippen molar-refractivity contribution in [3.05, 3.63) is 88.0 Å². The van der Waals surface area contributed by atoms with Crippen molar-refractivity contribution < 1.29 is 14.1 Å². The Morgan fingerprint density at radius 2 is 1.78 bits per heavy atom. The summed E-state index contributed by atoms with van der Waals surface area (Å²) in [5.74, 6) is -0.520. The number of hydrogen-bond donors (Lipinski definition) is 2. The van der Waals surface area contributed by atoms with Gasteiger partial charge in [-0.25, -0.2) is 0 Å². The molecule has 0 unspecified atom stereocenters. The first-order valence-corrected chi connectivity index (χ1v) is 8.09. The van der Waals surface area contributed by atoms with Gasteiger partial charge in [-0.3, -0.25) is 20.3 Å². The van der Waals surface area contributed by atoms with E-state index < -0.39 is 10.8 Å². The molecule has 0 spiro atoms. The van der Waals surface area contributed by atoms with Crippen molar-refractivity contribution in [3.8, 4) is 0 Å². The van der Waals surface area contributed by atoms with Crippen molar-refractivity contribution in [3.63, 3.8) is 0 Å². The molecule has 1 aromatic heterocycles. The molecule has 1 heterocycles. The van der Waals surface area contributed by atoms with E-state index in [1.807, 2.05) is 36.4 Å². The minimum absolute atomic E-state index is 0.00377. The Morgan fingerprint density at radius 3 is 2.59 bits per heavy atom. The Kier molecular flexibility index (Phi) is 3.89. The summed E-state index contributed by atoms with van der Waals surface area (Å²) in [7, 11) is 0. The van der Waals surface area contributed by atoms with Gasteiger partial charge in [-0.15, -0.1) is 0 Å². The van der Waals surface area contributed by atoms with Crippen molar-refractivity contribution in [1.29, 1.82) is 5.41 Å². The lowest BCUT2D eigenvalue weighted by Gasteiger charge is -2.09. The summed E-state index contributed by atoms with van der Waals surface area (Å²) >= 11 is 0. The van der Waals surface area contributed by atoms with Crippen molar-refractivity contribution in [2.45, 2.75) is 0 Å². The van der Waals surface area contributed by atoms with Gasteiger partial charge in [-0.2, -0.15) is 0 Å². The first kappa shape index (κ1) is 16.5. The molecular weight excluding hydrogens is 346 g/mol. The number of benzene rings is 3. The average Bonchev–Trinajstić information content (AvgIpc) is 2.67. The highest BCUT2D eigenvalue weighted by atomic mass is 16.6. The van der Waals surface area contributed by atoms with Crippen LogP contribution in [0.3, 0.4) is 0 Å². The summed E-state index contributed by atoms with van der Waals surface area (Å²) in [5.41, 5.74) is 0.477. The van der Waals surface area contributed by atoms with Crippen LogP contribution in [0.25, 0.3) is 21.7 Å². The standard InChI is InChI=1S/C20H13N3O4/c21-19-16(11-13-10-14(23(25)26)8-9-18(13)27-19)20(24)22-17-7-3-5-12-4-1-2-6-15(12)17/h1-11,21H,(H,22,24). The third kappa shape index (κ3) is 3.02. The molecule has 0 saturated heterocycles. The maximum Gasteiger partial charge on any atom is 0.270 e. The van der Waals surface area contributed by atoms with Gasteiger partial charge in [0.05, 0.1) is 4.92 Å². The van der Waals surface area contributed by atoms with E-state index in [4.69, 9.17) is 9.83 Å². The Labute approximate surface area is 152 Å². The van der Waals surface area contributed by atoms with Crippen LogP contribution in [0, 0.1) is 15.5 Å². The topological polar surface area (TPSA) is 109 Å². The molecule has 0 atom stereocenters. The van der Waals surface area contributed by atoms with Crippen LogP contribution in [0.15, 0.2) is 71.1 Å². The largest absolute Gasteiger partial charge is 0.438 e. The number of nitrogens with one attached hydrogen (secondary N) is 2. The molecule has 0 saturated carbocycles. The summed E-state index contributed by atoms with van der Waals surface area (Å²) in [6, 6.07) is 18.6. The van der Waals surface area contributed by atoms with Crippen molar-refractivity contribution in [2.75, 3.05) is 5.32 Å². The lowest BCUT2D eigenvalue weighted by atomic mass is 10.1. The van der Waals surface area contributed by atoms with Crippen LogP contribution in [0.2, 0.25) is 0 Å². The number of non-ortho nitro benzene ring substituents is 1. The number of fused-ring (bicyclic) bond motifs is 2. The van der Waals surface area contributed by atoms with Crippen LogP contribution >= 0.6 is 0 Å². The van der Waals surface area contributed by atoms with E-state index in [0.717, 1.165) is 10.8 Å². The van der Waals surface area contributed by atoms with Gasteiger partial charge in [-0.1, -0.05) is 36.4 Å². The van der Waals surface area contributed by atoms with Gasteiger partial charge in [-0.05, 0) is 23.6 Å². The minimum Gasteiger partial charge on any atom is -0.438 e. The van der Waals surface area contributed by atoms with Gasteiger partial charge in [0.2, 0.25) is 5.55 Å². The fourth-order valence-corrected chi connectivity index (χ4v) is 2.93. The van der Waals surface area contributed by atoms with Crippen molar-refractivity contribution in [2.24, 2.45) is 0 Å². The third-order valence-electron chi connectivity index (χ3n) is 4.24. The lowest BCUT2D eigenvalue weighted by molar-refractivity contribution is -0.384. The van der Waals surface area contributed by atoms with Crippen molar-refractivity contribution in [1.82, 2.24) is 0 Å². The fraction of sp³-hybridized carbons (Fsp3) is 0. The summed E-state index contributed by atoms with van der Waals surface area (Å²) in [6.45, 7) is 0. The number of anilines is 1. The smallest absolute Gasteiger partial charge is 0.270 e. The predicted octanol–water partition coefficient (Wildman–Crippen LogP) is 4.23. The van der Waals surface area contributed by atoms with E-state index in [1.54, 1.807) is 6.07 Å². The zero-order valence-electron chi connectivity index (χ0n) is 13.9. The lowest BCUT2D eigenvalue weighted by Crippen LogP contribution is -2.20. The molecular formula is C20H13N3O4. The van der Waals surface area contributed by atoms with Crippen LogP contribution in [-0.4, -0.2) is 10.8 Å². The molecule has 27 heavy (non-hydrogen) atoms. The third-order valence-corrected chi connectivity index (χ3v) is 4.24. The first-order chi connectivity index (χ1) is 13.0. The van der Waals surface area contributed by atoms with E-state index in [1.165, 1.54) is 24.3 Å². The van der Waals surface area contributed by atoms with Gasteiger partial charge in [0.15, 0.2) is 0 Å². The number of hydrogen-bond acceptors (Lipinski definition) is 5. The molecule has 0 radical (unpaired) electrons. The summed E-state index contributed by atoms with van der Waals surface area (Å²) < 4.78 is 5.36. The second-order valence-corrected chi connectivity index (χ2v) is 5.95. The van der Waals surface area contributed by atoms with E-state index in [-0.39, 0.29) is 16.8 Å². The van der Waals surface area contributed by atoms with Crippen LogP contribution in [0.5, 0.6) is 0 Å². The van der Waals surface area contributed by atoms with Crippen LogP contribution in [0.1, 0.15) is 10.4 Å². The maximum absolute atomic E-state index is 12.7. The highest BCUT2D eigenvalue weighted by Gasteiger charge is 2.15. The quantitative estimate of drug-likeness (QED) is 0.421. The van der Waals surface area contributed by atoms with Crippen LogP contribution in [0.4, 0.5) is 11.4 Å². The summed E-state index contributed by atoms with van der Waals surface area (Å²) in [5, 5.41) is 24.0. The normalized spacial score (nSPS) is 10.8. The Hall–Kier alpha value is -4.00. The van der Waals surface area contributed by atoms with Crippen LogP contribution in [-0.2, 0) is 0 Å². The van der Waals surface area contributed by atoms with Gasteiger partial charge in [0.1, 0.15) is 11.1 Å². The number of carbonyl (C=O) groups excluding carboxylic acids is 1. The van der Waals surface area contributed by atoms with Gasteiger partial charge in [0.25, 0.3) is 11.6 Å². The predicted molar refractivity (Wildman–Crippen MR) is 101 cm³/mol. The fourth-order valence-electron chi connectivity index (χ4n) is 2.93. The van der Waals surface area contributed by atoms with Crippen molar-refractivity contribution >= 4 is 39.0 Å². The Morgan fingerprint density at radius 1 is 1.00 bits per heavy atom. The van der Waals surface area contributed by atoms with Gasteiger partial charge in [0, 0.05) is 28.6 Å². The number of nitrogens with zero attached hydrogens (tertiary/aromatic N) is 1. The van der Waals surface area contributed by atoms with E-state index >= 15 is 0 Å². The molecule has 0 fully saturated rings. The number of carbonyl (C=O) groups is 1. The van der Waals surface area contributed by atoms with E-state index in [0.29, 0.717) is 16.7 Å². The zero-order valence-corrected chi connectivity index (χ0v) is 13.9. The molecule has 0 aliphatic carbocycles. The number of amides is 1. The molecule has 4 rings (SSSR count). The molecule has 4 aromatic rings.